The molecule has 0 spiro atoms. The second kappa shape index (κ2) is 10.1. The van der Waals surface area contributed by atoms with Gasteiger partial charge < -0.3 is 9.47 Å². The van der Waals surface area contributed by atoms with Crippen LogP contribution in [0.3, 0.4) is 0 Å². The molecule has 0 saturated heterocycles. The van der Waals surface area contributed by atoms with Crippen LogP contribution in [0.5, 0.6) is 11.5 Å². The summed E-state index contributed by atoms with van der Waals surface area (Å²) in [6.07, 6.45) is 3.19. The number of rotatable bonds is 8. The molecule has 172 valence electrons. The van der Waals surface area contributed by atoms with Gasteiger partial charge in [0.2, 0.25) is 0 Å². The number of likely N-dealkylation sites (N-methyl/N-ethyl adjacent to an activating group) is 1. The van der Waals surface area contributed by atoms with Gasteiger partial charge in [0.1, 0.15) is 0 Å². The van der Waals surface area contributed by atoms with E-state index in [1.807, 2.05) is 19.1 Å². The number of hydrogen-bond acceptors (Lipinski definition) is 6. The molecule has 0 N–H and O–H groups in total. The Morgan fingerprint density at radius 3 is 2.76 bits per heavy atom. The quantitative estimate of drug-likeness (QED) is 0.139. The van der Waals surface area contributed by atoms with Gasteiger partial charge in [0, 0.05) is 42.4 Å². The Bertz CT molecular complexity index is 1120. The second-order valence-corrected chi connectivity index (χ2v) is 8.51. The van der Waals surface area contributed by atoms with Crippen LogP contribution >= 0.6 is 0 Å². The number of hydrogen-bond donors (Lipinski definition) is 0. The molecule has 0 unspecified atom stereocenters. The van der Waals surface area contributed by atoms with E-state index in [-0.39, 0.29) is 37.1 Å². The SMILES string of the molecule is CCCC(=O)Oc1ccc2c(c1OC(=O)CCCN=[N+]=[N-])-c1cccc3c1[C@@H](C2)N(C)CC3. The lowest BCUT2D eigenvalue weighted by atomic mass is 9.77. The fourth-order valence-corrected chi connectivity index (χ4v) is 4.71. The van der Waals surface area contributed by atoms with Crippen molar-refractivity contribution in [2.45, 2.75) is 51.5 Å². The van der Waals surface area contributed by atoms with Gasteiger partial charge in [-0.05, 0) is 66.6 Å². The number of benzene rings is 2. The summed E-state index contributed by atoms with van der Waals surface area (Å²) in [7, 11) is 2.14. The third-order valence-corrected chi connectivity index (χ3v) is 6.28. The highest BCUT2D eigenvalue weighted by atomic mass is 16.6. The highest BCUT2D eigenvalue weighted by Crippen LogP contribution is 2.50. The van der Waals surface area contributed by atoms with E-state index in [4.69, 9.17) is 15.0 Å². The van der Waals surface area contributed by atoms with Crippen LogP contribution in [0.15, 0.2) is 35.4 Å². The Morgan fingerprint density at radius 2 is 1.97 bits per heavy atom. The second-order valence-electron chi connectivity index (χ2n) is 8.51. The van der Waals surface area contributed by atoms with Crippen LogP contribution in [0.1, 0.15) is 55.3 Å². The number of esters is 2. The number of azide groups is 1. The minimum absolute atomic E-state index is 0.100. The summed E-state index contributed by atoms with van der Waals surface area (Å²) >= 11 is 0. The van der Waals surface area contributed by atoms with Crippen molar-refractivity contribution in [3.8, 4) is 22.6 Å². The maximum atomic E-state index is 12.7. The lowest BCUT2D eigenvalue weighted by Gasteiger charge is -2.40. The summed E-state index contributed by atoms with van der Waals surface area (Å²) in [6.45, 7) is 3.12. The van der Waals surface area contributed by atoms with Crippen molar-refractivity contribution in [2.24, 2.45) is 5.11 Å². The van der Waals surface area contributed by atoms with Gasteiger partial charge in [-0.3, -0.25) is 14.5 Å². The Labute approximate surface area is 193 Å². The van der Waals surface area contributed by atoms with E-state index in [1.54, 1.807) is 6.07 Å². The fourth-order valence-electron chi connectivity index (χ4n) is 4.71. The number of ether oxygens (including phenoxy) is 2. The average Bonchev–Trinajstić information content (AvgIpc) is 2.80. The number of fused-ring (bicyclic) bond motifs is 2. The van der Waals surface area contributed by atoms with Gasteiger partial charge in [0.15, 0.2) is 11.5 Å². The van der Waals surface area contributed by atoms with E-state index in [2.05, 4.69) is 34.1 Å². The summed E-state index contributed by atoms with van der Waals surface area (Å²) in [5, 5.41) is 3.47. The topological polar surface area (TPSA) is 105 Å². The molecule has 33 heavy (non-hydrogen) atoms. The Kier molecular flexibility index (Phi) is 6.96. The molecule has 2 aliphatic rings. The van der Waals surface area contributed by atoms with Crippen LogP contribution in [0.25, 0.3) is 21.6 Å². The summed E-state index contributed by atoms with van der Waals surface area (Å²) in [6, 6.07) is 10.2. The van der Waals surface area contributed by atoms with Gasteiger partial charge in [-0.25, -0.2) is 0 Å². The predicted molar refractivity (Wildman–Crippen MR) is 124 cm³/mol. The van der Waals surface area contributed by atoms with Gasteiger partial charge in [0.25, 0.3) is 0 Å². The molecule has 1 aliphatic carbocycles. The van der Waals surface area contributed by atoms with E-state index in [0.717, 1.165) is 36.1 Å². The Hall–Kier alpha value is -3.35. The number of carbonyl (C=O) groups is 2. The van der Waals surface area contributed by atoms with Crippen LogP contribution < -0.4 is 9.47 Å². The molecule has 1 atom stereocenters. The summed E-state index contributed by atoms with van der Waals surface area (Å²) < 4.78 is 11.5. The normalized spacial score (nSPS) is 16.2. The minimum atomic E-state index is -0.451. The van der Waals surface area contributed by atoms with Crippen molar-refractivity contribution in [1.82, 2.24) is 4.90 Å². The van der Waals surface area contributed by atoms with Crippen molar-refractivity contribution in [2.75, 3.05) is 20.1 Å². The van der Waals surface area contributed by atoms with E-state index in [0.29, 0.717) is 18.6 Å². The number of carbonyl (C=O) groups excluding carboxylic acids is 2. The summed E-state index contributed by atoms with van der Waals surface area (Å²) in [4.78, 5) is 30.1. The van der Waals surface area contributed by atoms with Crippen LogP contribution in [0, 0.1) is 0 Å². The van der Waals surface area contributed by atoms with Gasteiger partial charge in [-0.1, -0.05) is 36.3 Å². The van der Waals surface area contributed by atoms with Crippen molar-refractivity contribution in [3.63, 3.8) is 0 Å². The minimum Gasteiger partial charge on any atom is -0.422 e. The average molecular weight is 449 g/mol. The number of nitrogens with zero attached hydrogens (tertiary/aromatic N) is 4. The molecule has 0 aromatic heterocycles. The lowest BCUT2D eigenvalue weighted by Crippen LogP contribution is -2.35. The largest absolute Gasteiger partial charge is 0.422 e. The molecule has 8 heteroatoms. The zero-order valence-electron chi connectivity index (χ0n) is 19.0. The lowest BCUT2D eigenvalue weighted by molar-refractivity contribution is -0.137. The zero-order valence-corrected chi connectivity index (χ0v) is 19.0. The molecule has 0 saturated carbocycles. The highest BCUT2D eigenvalue weighted by Gasteiger charge is 2.35. The molecule has 0 amide bonds. The highest BCUT2D eigenvalue weighted by molar-refractivity contribution is 5.87. The van der Waals surface area contributed by atoms with E-state index in [1.165, 1.54) is 11.1 Å². The molecule has 2 aromatic rings. The summed E-state index contributed by atoms with van der Waals surface area (Å²) in [5.41, 5.74) is 13.9. The molecule has 1 aliphatic heterocycles. The van der Waals surface area contributed by atoms with Gasteiger partial charge in [-0.2, -0.15) is 0 Å². The maximum Gasteiger partial charge on any atom is 0.311 e. The van der Waals surface area contributed by atoms with Crippen molar-refractivity contribution in [1.29, 1.82) is 0 Å². The fraction of sp³-hybridized carbons (Fsp3) is 0.440. The molecule has 4 rings (SSSR count). The monoisotopic (exact) mass is 448 g/mol. The predicted octanol–water partition coefficient (Wildman–Crippen LogP) is 5.14. The molecule has 0 bridgehead atoms. The van der Waals surface area contributed by atoms with E-state index < -0.39 is 5.97 Å². The van der Waals surface area contributed by atoms with Gasteiger partial charge >= 0.3 is 11.9 Å². The maximum absolute atomic E-state index is 12.7. The zero-order chi connectivity index (χ0) is 23.4. The molecular weight excluding hydrogens is 420 g/mol. The first-order valence-electron chi connectivity index (χ1n) is 11.4. The van der Waals surface area contributed by atoms with E-state index >= 15 is 0 Å². The van der Waals surface area contributed by atoms with Crippen molar-refractivity contribution >= 4 is 11.9 Å². The molecule has 8 nitrogen and oxygen atoms in total. The first kappa shape index (κ1) is 22.8. The molecule has 0 fully saturated rings. The third-order valence-electron chi connectivity index (χ3n) is 6.28. The Balaban J connectivity index is 1.77. The van der Waals surface area contributed by atoms with E-state index in [9.17, 15) is 9.59 Å². The molecule has 2 aromatic carbocycles. The summed E-state index contributed by atoms with van der Waals surface area (Å²) in [5.74, 6) is -0.253. The first-order valence-corrected chi connectivity index (χ1v) is 11.4. The van der Waals surface area contributed by atoms with Gasteiger partial charge in [-0.15, -0.1) is 0 Å². The van der Waals surface area contributed by atoms with Crippen LogP contribution in [-0.2, 0) is 22.4 Å². The van der Waals surface area contributed by atoms with Crippen LogP contribution in [-0.4, -0.2) is 37.0 Å². The third kappa shape index (κ3) is 4.72. The van der Waals surface area contributed by atoms with Crippen LogP contribution in [0.2, 0.25) is 0 Å². The van der Waals surface area contributed by atoms with Crippen molar-refractivity contribution in [3.05, 3.63) is 57.5 Å². The standard InChI is InChI=1S/C25H28N4O4/c1-3-6-21(30)32-20-11-10-17-15-19-23-16(12-14-29(19)2)7-4-8-18(23)24(17)25(20)33-22(31)9-5-13-27-28-26/h4,7-8,10-11,19H,3,5-6,9,12-15H2,1-2H3/t19-/m1/s1. The van der Waals surface area contributed by atoms with Gasteiger partial charge in [0.05, 0.1) is 0 Å². The Morgan fingerprint density at radius 1 is 1.15 bits per heavy atom. The molecule has 0 radical (unpaired) electrons. The smallest absolute Gasteiger partial charge is 0.311 e. The van der Waals surface area contributed by atoms with Crippen molar-refractivity contribution < 1.29 is 19.1 Å². The molecular formula is C25H28N4O4. The van der Waals surface area contributed by atoms with Crippen LogP contribution in [0.4, 0.5) is 0 Å². The molecule has 1 heterocycles. The first-order chi connectivity index (χ1) is 16.0.